The molecule has 4 aromatic rings. The van der Waals surface area contributed by atoms with Crippen LogP contribution in [0, 0.1) is 0 Å². The zero-order valence-corrected chi connectivity index (χ0v) is 17.2. The number of anilines is 1. The highest BCUT2D eigenvalue weighted by atomic mass is 35.5. The maximum absolute atomic E-state index is 13.2. The lowest BCUT2D eigenvalue weighted by atomic mass is 10.1. The van der Waals surface area contributed by atoms with Gasteiger partial charge in [-0.05, 0) is 35.9 Å². The summed E-state index contributed by atoms with van der Waals surface area (Å²) in [5.41, 5.74) is 0.243. The van der Waals surface area contributed by atoms with Crippen molar-refractivity contribution in [2.45, 2.75) is 16.6 Å². The summed E-state index contributed by atoms with van der Waals surface area (Å²) >= 11 is 7.18. The first kappa shape index (κ1) is 21.2. The smallest absolute Gasteiger partial charge is 0.323 e. The minimum atomic E-state index is -4.56. The van der Waals surface area contributed by atoms with Crippen molar-refractivity contribution in [3.63, 3.8) is 0 Å². The van der Waals surface area contributed by atoms with Gasteiger partial charge in [0.1, 0.15) is 5.25 Å². The summed E-state index contributed by atoms with van der Waals surface area (Å²) in [7, 11) is 0. The van der Waals surface area contributed by atoms with Crippen molar-refractivity contribution >= 4 is 40.6 Å². The molecule has 2 aromatic heterocycles. The van der Waals surface area contributed by atoms with Crippen LogP contribution in [0.3, 0.4) is 0 Å². The van der Waals surface area contributed by atoms with E-state index in [-0.39, 0.29) is 10.7 Å². The van der Waals surface area contributed by atoms with E-state index in [1.165, 1.54) is 0 Å². The summed E-state index contributed by atoms with van der Waals surface area (Å²) in [5.74, 6) is -0.537. The molecule has 31 heavy (non-hydrogen) atoms. The van der Waals surface area contributed by atoms with Crippen LogP contribution in [0.25, 0.3) is 5.65 Å². The molecule has 1 unspecified atom stereocenters. The summed E-state index contributed by atoms with van der Waals surface area (Å²) in [6, 6.07) is 17.1. The van der Waals surface area contributed by atoms with Crippen LogP contribution >= 0.6 is 23.4 Å². The average molecular weight is 463 g/mol. The lowest BCUT2D eigenvalue weighted by Gasteiger charge is -2.17. The normalized spacial score (nSPS) is 12.6. The number of alkyl halides is 3. The van der Waals surface area contributed by atoms with Crippen LogP contribution in [-0.4, -0.2) is 20.5 Å². The zero-order chi connectivity index (χ0) is 22.0. The van der Waals surface area contributed by atoms with E-state index in [1.807, 2.05) is 6.07 Å². The van der Waals surface area contributed by atoms with Crippen molar-refractivity contribution in [3.05, 3.63) is 89.1 Å². The van der Waals surface area contributed by atoms with E-state index >= 15 is 0 Å². The van der Waals surface area contributed by atoms with Crippen LogP contribution in [0.2, 0.25) is 5.02 Å². The largest absolute Gasteiger partial charge is 0.416 e. The quantitative estimate of drug-likeness (QED) is 0.377. The van der Waals surface area contributed by atoms with Crippen molar-refractivity contribution in [2.24, 2.45) is 0 Å². The Morgan fingerprint density at radius 2 is 1.77 bits per heavy atom. The molecule has 0 aliphatic rings. The van der Waals surface area contributed by atoms with Gasteiger partial charge in [-0.25, -0.2) is 0 Å². The molecule has 4 rings (SSSR count). The fraction of sp³-hybridized carbons (Fsp3) is 0.0952. The number of carbonyl (C=O) groups excluding carboxylic acids is 1. The van der Waals surface area contributed by atoms with E-state index in [1.54, 1.807) is 53.1 Å². The summed E-state index contributed by atoms with van der Waals surface area (Å²) in [6.45, 7) is 0. The second-order valence-electron chi connectivity index (χ2n) is 6.50. The second kappa shape index (κ2) is 8.60. The summed E-state index contributed by atoms with van der Waals surface area (Å²) in [4.78, 5) is 13.2. The number of nitrogens with one attached hydrogen (secondary N) is 1. The fourth-order valence-corrected chi connectivity index (χ4v) is 4.09. The number of aromatic nitrogens is 3. The van der Waals surface area contributed by atoms with Gasteiger partial charge in [0.25, 0.3) is 0 Å². The van der Waals surface area contributed by atoms with E-state index in [4.69, 9.17) is 11.6 Å². The van der Waals surface area contributed by atoms with E-state index in [0.717, 1.165) is 30.0 Å². The van der Waals surface area contributed by atoms with E-state index in [2.05, 4.69) is 15.5 Å². The Bertz CT molecular complexity index is 1230. The number of halogens is 4. The Morgan fingerprint density at radius 1 is 1.03 bits per heavy atom. The number of carbonyl (C=O) groups is 1. The zero-order valence-electron chi connectivity index (χ0n) is 15.7. The monoisotopic (exact) mass is 462 g/mol. The van der Waals surface area contributed by atoms with Gasteiger partial charge in [0.05, 0.1) is 16.3 Å². The first-order chi connectivity index (χ1) is 14.8. The molecule has 0 saturated heterocycles. The predicted octanol–water partition coefficient (Wildman–Crippen LogP) is 5.87. The molecule has 2 aromatic carbocycles. The lowest BCUT2D eigenvalue weighted by molar-refractivity contribution is -0.137. The highest BCUT2D eigenvalue weighted by molar-refractivity contribution is 8.00. The van der Waals surface area contributed by atoms with E-state index in [9.17, 15) is 18.0 Å². The van der Waals surface area contributed by atoms with Crippen LogP contribution in [0.15, 0.2) is 78.1 Å². The number of hydrogen-bond acceptors (Lipinski definition) is 4. The Balaban J connectivity index is 1.67. The summed E-state index contributed by atoms with van der Waals surface area (Å²) in [6.07, 6.45) is -2.79. The molecule has 10 heteroatoms. The van der Waals surface area contributed by atoms with Gasteiger partial charge < -0.3 is 5.32 Å². The number of nitrogens with zero attached hydrogens (tertiary/aromatic N) is 3. The molecular weight excluding hydrogens is 449 g/mol. The topological polar surface area (TPSA) is 59.3 Å². The molecule has 0 aliphatic carbocycles. The van der Waals surface area contributed by atoms with Gasteiger partial charge in [0.2, 0.25) is 5.91 Å². The van der Waals surface area contributed by atoms with E-state index < -0.39 is 22.9 Å². The van der Waals surface area contributed by atoms with Crippen LogP contribution in [-0.2, 0) is 11.0 Å². The molecular formula is C21H14ClF3N4OS. The molecule has 0 fully saturated rings. The molecule has 0 bridgehead atoms. The maximum atomic E-state index is 13.2. The molecule has 1 N–H and O–H groups in total. The molecule has 1 atom stereocenters. The van der Waals surface area contributed by atoms with Crippen molar-refractivity contribution < 1.29 is 18.0 Å². The first-order valence-electron chi connectivity index (χ1n) is 9.02. The molecule has 2 heterocycles. The number of hydrogen-bond donors (Lipinski definition) is 1. The molecule has 5 nitrogen and oxygen atoms in total. The Morgan fingerprint density at radius 3 is 2.52 bits per heavy atom. The van der Waals surface area contributed by atoms with Crippen LogP contribution in [0.1, 0.15) is 16.4 Å². The minimum Gasteiger partial charge on any atom is -0.323 e. The van der Waals surface area contributed by atoms with Gasteiger partial charge >= 0.3 is 6.18 Å². The van der Waals surface area contributed by atoms with Crippen LogP contribution < -0.4 is 5.32 Å². The number of pyridine rings is 1. The van der Waals surface area contributed by atoms with Gasteiger partial charge in [0, 0.05) is 6.20 Å². The summed E-state index contributed by atoms with van der Waals surface area (Å²) in [5, 5.41) is 10.4. The van der Waals surface area contributed by atoms with Crippen molar-refractivity contribution in [2.75, 3.05) is 5.32 Å². The average Bonchev–Trinajstić information content (AvgIpc) is 3.16. The number of thioether (sulfide) groups is 1. The van der Waals surface area contributed by atoms with Gasteiger partial charge in [-0.2, -0.15) is 13.2 Å². The fourth-order valence-electron chi connectivity index (χ4n) is 2.90. The number of benzene rings is 2. The minimum absolute atomic E-state index is 0.00564. The van der Waals surface area contributed by atoms with Gasteiger partial charge in [-0.3, -0.25) is 9.20 Å². The standard InChI is InChI=1S/C21H14ClF3N4OS/c22-15-10-9-14(21(23,24)25)12-16(15)26-19(30)18(13-6-2-1-3-7-13)31-20-28-27-17-8-4-5-11-29(17)20/h1-12,18H,(H,26,30). The van der Waals surface area contributed by atoms with Crippen molar-refractivity contribution in [1.82, 2.24) is 14.6 Å². The van der Waals surface area contributed by atoms with Gasteiger partial charge in [-0.1, -0.05) is 59.8 Å². The first-order valence-corrected chi connectivity index (χ1v) is 10.3. The Hall–Kier alpha value is -3.04. The second-order valence-corrected chi connectivity index (χ2v) is 7.98. The molecule has 158 valence electrons. The third-order valence-corrected chi connectivity index (χ3v) is 5.94. The number of fused-ring (bicyclic) bond motifs is 1. The van der Waals surface area contributed by atoms with Crippen molar-refractivity contribution in [1.29, 1.82) is 0 Å². The third kappa shape index (κ3) is 4.67. The van der Waals surface area contributed by atoms with Crippen LogP contribution in [0.4, 0.5) is 18.9 Å². The highest BCUT2D eigenvalue weighted by Gasteiger charge is 2.32. The lowest BCUT2D eigenvalue weighted by Crippen LogP contribution is -2.20. The Kier molecular flexibility index (Phi) is 5.88. The molecule has 0 radical (unpaired) electrons. The maximum Gasteiger partial charge on any atom is 0.416 e. The number of rotatable bonds is 5. The predicted molar refractivity (Wildman–Crippen MR) is 113 cm³/mol. The molecule has 1 amide bonds. The van der Waals surface area contributed by atoms with Crippen LogP contribution in [0.5, 0.6) is 0 Å². The Labute approximate surface area is 184 Å². The van der Waals surface area contributed by atoms with Crippen molar-refractivity contribution in [3.8, 4) is 0 Å². The molecule has 0 aliphatic heterocycles. The third-order valence-electron chi connectivity index (χ3n) is 4.40. The van der Waals surface area contributed by atoms with Gasteiger partial charge in [0.15, 0.2) is 10.8 Å². The van der Waals surface area contributed by atoms with E-state index in [0.29, 0.717) is 16.4 Å². The molecule has 0 saturated carbocycles. The number of amides is 1. The highest BCUT2D eigenvalue weighted by Crippen LogP contribution is 2.38. The SMILES string of the molecule is O=C(Nc1cc(C(F)(F)F)ccc1Cl)C(Sc1nnc2ccccn12)c1ccccc1. The van der Waals surface area contributed by atoms with Gasteiger partial charge in [-0.15, -0.1) is 10.2 Å². The summed E-state index contributed by atoms with van der Waals surface area (Å²) < 4.78 is 41.0. The molecule has 0 spiro atoms.